The van der Waals surface area contributed by atoms with E-state index in [0.29, 0.717) is 0 Å². The number of methoxy groups -OCH3 is 1. The quantitative estimate of drug-likeness (QED) is 0.893. The largest absolute Gasteiger partial charge is 0.494 e. The summed E-state index contributed by atoms with van der Waals surface area (Å²) in [6.07, 6.45) is 0.0292. The molecule has 1 aromatic rings. The highest BCUT2D eigenvalue weighted by molar-refractivity contribution is 5.32. The van der Waals surface area contributed by atoms with Gasteiger partial charge >= 0.3 is 0 Å². The Balaban J connectivity index is 2.30. The Kier molecular flexibility index (Phi) is 5.34. The Morgan fingerprint density at radius 1 is 1.50 bits per heavy atom. The van der Waals surface area contributed by atoms with Crippen LogP contribution in [0.1, 0.15) is 18.5 Å². The first kappa shape index (κ1) is 15.2. The minimum Gasteiger partial charge on any atom is -0.494 e. The van der Waals surface area contributed by atoms with Crippen LogP contribution >= 0.6 is 0 Å². The van der Waals surface area contributed by atoms with Crippen molar-refractivity contribution in [1.29, 1.82) is 0 Å². The normalized spacial score (nSPS) is 23.8. The summed E-state index contributed by atoms with van der Waals surface area (Å²) in [5, 5.41) is 3.15. The monoisotopic (exact) mass is 282 g/mol. The number of hydrogen-bond acceptors (Lipinski definition) is 4. The summed E-state index contributed by atoms with van der Waals surface area (Å²) in [6.45, 7) is 5.37. The van der Waals surface area contributed by atoms with Gasteiger partial charge in [-0.05, 0) is 31.3 Å². The summed E-state index contributed by atoms with van der Waals surface area (Å²) in [5.74, 6) is -0.0477. The molecule has 1 saturated heterocycles. The molecule has 2 unspecified atom stereocenters. The fourth-order valence-corrected chi connectivity index (χ4v) is 2.81. The van der Waals surface area contributed by atoms with Gasteiger partial charge in [0, 0.05) is 13.1 Å². The zero-order valence-electron chi connectivity index (χ0n) is 12.4. The lowest BCUT2D eigenvalue weighted by Gasteiger charge is -2.41. The first-order valence-electron chi connectivity index (χ1n) is 7.05. The van der Waals surface area contributed by atoms with Gasteiger partial charge in [0.05, 0.1) is 25.9 Å². The van der Waals surface area contributed by atoms with Crippen molar-refractivity contribution >= 4 is 0 Å². The molecule has 20 heavy (non-hydrogen) atoms. The van der Waals surface area contributed by atoms with Crippen molar-refractivity contribution in [2.45, 2.75) is 19.1 Å². The molecular weight excluding hydrogens is 259 g/mol. The van der Waals surface area contributed by atoms with Crippen molar-refractivity contribution in [2.75, 3.05) is 40.4 Å². The van der Waals surface area contributed by atoms with Gasteiger partial charge in [-0.3, -0.25) is 4.90 Å². The van der Waals surface area contributed by atoms with Crippen molar-refractivity contribution in [3.63, 3.8) is 0 Å². The third kappa shape index (κ3) is 3.11. The molecule has 112 valence electrons. The Morgan fingerprint density at radius 3 is 2.90 bits per heavy atom. The van der Waals surface area contributed by atoms with Gasteiger partial charge in [0.15, 0.2) is 11.6 Å². The number of benzene rings is 1. The molecule has 1 N–H and O–H groups in total. The van der Waals surface area contributed by atoms with E-state index in [1.54, 1.807) is 12.1 Å². The van der Waals surface area contributed by atoms with E-state index in [4.69, 9.17) is 9.47 Å². The molecule has 0 amide bonds. The number of nitrogens with zero attached hydrogens (tertiary/aromatic N) is 1. The van der Waals surface area contributed by atoms with Gasteiger partial charge in [-0.25, -0.2) is 4.39 Å². The molecule has 5 heteroatoms. The number of halogens is 1. The minimum atomic E-state index is -0.324. The van der Waals surface area contributed by atoms with Crippen LogP contribution in [0.2, 0.25) is 0 Å². The van der Waals surface area contributed by atoms with E-state index in [1.165, 1.54) is 7.11 Å². The summed E-state index contributed by atoms with van der Waals surface area (Å²) < 4.78 is 24.8. The maximum Gasteiger partial charge on any atom is 0.165 e. The maximum atomic E-state index is 13.9. The van der Waals surface area contributed by atoms with Crippen LogP contribution in [-0.4, -0.2) is 51.4 Å². The van der Waals surface area contributed by atoms with Crippen LogP contribution in [0.25, 0.3) is 0 Å². The summed E-state index contributed by atoms with van der Waals surface area (Å²) >= 11 is 0. The number of hydrogen-bond donors (Lipinski definition) is 1. The average Bonchev–Trinajstić information content (AvgIpc) is 2.47. The minimum absolute atomic E-state index is 0.0292. The van der Waals surface area contributed by atoms with Crippen LogP contribution in [0.5, 0.6) is 5.75 Å². The van der Waals surface area contributed by atoms with Crippen LogP contribution in [0, 0.1) is 5.82 Å². The number of likely N-dealkylation sites (N-methyl/N-ethyl adjacent to an activating group) is 2. The molecule has 2 atom stereocenters. The van der Waals surface area contributed by atoms with E-state index in [-0.39, 0.29) is 23.7 Å². The highest BCUT2D eigenvalue weighted by Gasteiger charge is 2.32. The molecule has 4 nitrogen and oxygen atoms in total. The second kappa shape index (κ2) is 7.02. The molecule has 0 radical (unpaired) electrons. The number of rotatable bonds is 5. The molecule has 1 aliphatic rings. The predicted octanol–water partition coefficient (Wildman–Crippen LogP) is 1.82. The third-order valence-electron chi connectivity index (χ3n) is 3.78. The molecule has 0 aliphatic carbocycles. The van der Waals surface area contributed by atoms with Gasteiger partial charge in [-0.1, -0.05) is 13.0 Å². The lowest BCUT2D eigenvalue weighted by Crippen LogP contribution is -2.48. The van der Waals surface area contributed by atoms with Crippen LogP contribution in [0.15, 0.2) is 18.2 Å². The number of ether oxygens (including phenoxy) is 2. The smallest absolute Gasteiger partial charge is 0.165 e. The van der Waals surface area contributed by atoms with Crippen molar-refractivity contribution in [1.82, 2.24) is 10.2 Å². The summed E-state index contributed by atoms with van der Waals surface area (Å²) in [7, 11) is 3.38. The van der Waals surface area contributed by atoms with E-state index < -0.39 is 0 Å². The van der Waals surface area contributed by atoms with Crippen molar-refractivity contribution in [3.05, 3.63) is 29.6 Å². The average molecular weight is 282 g/mol. The SMILES string of the molecule is CCN1CCOC(CNC)C1c1ccc(OC)c(F)c1. The van der Waals surface area contributed by atoms with Gasteiger partial charge in [0.1, 0.15) is 0 Å². The Bertz CT molecular complexity index is 440. The van der Waals surface area contributed by atoms with Crippen LogP contribution in [-0.2, 0) is 4.74 Å². The van der Waals surface area contributed by atoms with Crippen LogP contribution in [0.3, 0.4) is 0 Å². The predicted molar refractivity (Wildman–Crippen MR) is 76.6 cm³/mol. The van der Waals surface area contributed by atoms with E-state index >= 15 is 0 Å². The fourth-order valence-electron chi connectivity index (χ4n) is 2.81. The molecule has 0 bridgehead atoms. The Morgan fingerprint density at radius 2 is 2.30 bits per heavy atom. The lowest BCUT2D eigenvalue weighted by atomic mass is 9.97. The van der Waals surface area contributed by atoms with E-state index in [0.717, 1.165) is 31.8 Å². The summed E-state index contributed by atoms with van der Waals surface area (Å²) in [4.78, 5) is 2.33. The standard InChI is InChI=1S/C15H23FN2O2/c1-4-18-7-8-20-14(10-17-2)15(18)11-5-6-13(19-3)12(16)9-11/h5-6,9,14-15,17H,4,7-8,10H2,1-3H3. The zero-order chi connectivity index (χ0) is 14.5. The first-order valence-corrected chi connectivity index (χ1v) is 7.05. The fraction of sp³-hybridized carbons (Fsp3) is 0.600. The Labute approximate surface area is 119 Å². The topological polar surface area (TPSA) is 33.7 Å². The molecule has 1 heterocycles. The van der Waals surface area contributed by atoms with Gasteiger partial charge in [0.2, 0.25) is 0 Å². The first-order chi connectivity index (χ1) is 9.71. The molecule has 0 spiro atoms. The van der Waals surface area contributed by atoms with Gasteiger partial charge in [-0.2, -0.15) is 0 Å². The zero-order valence-corrected chi connectivity index (χ0v) is 12.4. The van der Waals surface area contributed by atoms with Gasteiger partial charge in [-0.15, -0.1) is 0 Å². The highest BCUT2D eigenvalue weighted by atomic mass is 19.1. The van der Waals surface area contributed by atoms with E-state index in [2.05, 4.69) is 17.1 Å². The summed E-state index contributed by atoms with van der Waals surface area (Å²) in [6, 6.07) is 5.24. The molecule has 0 aromatic heterocycles. The molecule has 2 rings (SSSR count). The molecule has 0 saturated carbocycles. The Hall–Kier alpha value is -1.17. The van der Waals surface area contributed by atoms with Gasteiger partial charge in [0.25, 0.3) is 0 Å². The second-order valence-electron chi connectivity index (χ2n) is 4.93. The van der Waals surface area contributed by atoms with Crippen LogP contribution < -0.4 is 10.1 Å². The van der Waals surface area contributed by atoms with E-state index in [1.807, 2.05) is 13.1 Å². The summed E-state index contributed by atoms with van der Waals surface area (Å²) in [5.41, 5.74) is 0.935. The highest BCUT2D eigenvalue weighted by Crippen LogP contribution is 2.31. The van der Waals surface area contributed by atoms with Crippen molar-refractivity contribution in [3.8, 4) is 5.75 Å². The molecule has 1 fully saturated rings. The molecule has 1 aliphatic heterocycles. The second-order valence-corrected chi connectivity index (χ2v) is 4.93. The maximum absolute atomic E-state index is 13.9. The van der Waals surface area contributed by atoms with Crippen molar-refractivity contribution in [2.24, 2.45) is 0 Å². The number of morpholine rings is 1. The van der Waals surface area contributed by atoms with Crippen molar-refractivity contribution < 1.29 is 13.9 Å². The van der Waals surface area contributed by atoms with Gasteiger partial charge < -0.3 is 14.8 Å². The molecule has 1 aromatic carbocycles. The number of nitrogens with one attached hydrogen (secondary N) is 1. The van der Waals surface area contributed by atoms with E-state index in [9.17, 15) is 4.39 Å². The van der Waals surface area contributed by atoms with Crippen LogP contribution in [0.4, 0.5) is 4.39 Å². The molecular formula is C15H23FN2O2. The third-order valence-corrected chi connectivity index (χ3v) is 3.78. The lowest BCUT2D eigenvalue weighted by molar-refractivity contribution is -0.0687.